The SMILES string of the molecule is CC=CC(=O)O[C@H]1C(C)(C)[C@H](CC(=O)OC)[C@]2(C)C(=O)[C@@]1(O)[C@H]1O[C@@]13C2=CC[C@]1(C)[C@H]3CC(=O)O[C@H]1c1ccoc1. The van der Waals surface area contributed by atoms with Gasteiger partial charge in [0, 0.05) is 28.4 Å². The Morgan fingerprint density at radius 2 is 1.93 bits per heavy atom. The standard InChI is InChI=1S/C31H36O10/c1-7-8-20(32)40-25-27(2,3)18(13-21(33)37-6)29(5)17-9-11-28(4)19(31(17)26(41-31)30(25,36)24(29)35)14-22(34)39-23(28)16-10-12-38-15-16/h7-10,12,15,18-19,23,25-26,36H,11,13-14H2,1-6H3/t18-,19+,23-,25-,26+,28+,29+,30-,31+/m0/s1. The van der Waals surface area contributed by atoms with Crippen molar-refractivity contribution in [3.63, 3.8) is 0 Å². The highest BCUT2D eigenvalue weighted by Crippen LogP contribution is 2.77. The highest BCUT2D eigenvalue weighted by molar-refractivity contribution is 6.02. The number of carbonyl (C=O) groups excluding carboxylic acids is 4. The topological polar surface area (TPSA) is 142 Å². The third-order valence-corrected chi connectivity index (χ3v) is 10.8. The van der Waals surface area contributed by atoms with E-state index in [9.17, 15) is 24.3 Å². The number of ketones is 1. The quantitative estimate of drug-likeness (QED) is 0.185. The molecule has 10 heteroatoms. The van der Waals surface area contributed by atoms with E-state index in [0.717, 1.165) is 0 Å². The number of carbonyl (C=O) groups is 4. The summed E-state index contributed by atoms with van der Waals surface area (Å²) in [5.41, 5.74) is -5.18. The Morgan fingerprint density at radius 1 is 1.20 bits per heavy atom. The van der Waals surface area contributed by atoms with Crippen LogP contribution in [0.15, 0.2) is 46.8 Å². The highest BCUT2D eigenvalue weighted by atomic mass is 16.6. The summed E-state index contributed by atoms with van der Waals surface area (Å²) in [5, 5.41) is 12.5. The van der Waals surface area contributed by atoms with Crippen LogP contribution in [0.2, 0.25) is 0 Å². The maximum absolute atomic E-state index is 14.6. The van der Waals surface area contributed by atoms with Gasteiger partial charge < -0.3 is 28.5 Å². The molecule has 1 aromatic heterocycles. The fourth-order valence-corrected chi connectivity index (χ4v) is 9.00. The molecule has 41 heavy (non-hydrogen) atoms. The van der Waals surface area contributed by atoms with Crippen molar-refractivity contribution in [1.29, 1.82) is 0 Å². The molecule has 0 amide bonds. The first kappa shape index (κ1) is 27.9. The molecule has 10 nitrogen and oxygen atoms in total. The normalized spacial score (nSPS) is 43.7. The van der Waals surface area contributed by atoms with Crippen molar-refractivity contribution in [2.45, 2.75) is 83.4 Å². The molecular formula is C31H36O10. The van der Waals surface area contributed by atoms with Crippen molar-refractivity contribution in [3.05, 3.63) is 48.0 Å². The van der Waals surface area contributed by atoms with Crippen LogP contribution in [-0.4, -0.2) is 59.3 Å². The summed E-state index contributed by atoms with van der Waals surface area (Å²) in [6.45, 7) is 8.99. The Balaban J connectivity index is 1.56. The number of hydrogen-bond donors (Lipinski definition) is 1. The number of rotatable bonds is 5. The van der Waals surface area contributed by atoms with Gasteiger partial charge in [-0.05, 0) is 37.8 Å². The Kier molecular flexibility index (Phi) is 5.88. The minimum absolute atomic E-state index is 0.00707. The van der Waals surface area contributed by atoms with Crippen molar-refractivity contribution in [3.8, 4) is 0 Å². The van der Waals surface area contributed by atoms with Gasteiger partial charge >= 0.3 is 17.9 Å². The Bertz CT molecular complexity index is 1390. The van der Waals surface area contributed by atoms with E-state index < -0.39 is 81.3 Å². The largest absolute Gasteiger partial charge is 0.472 e. The third-order valence-electron chi connectivity index (χ3n) is 10.8. The summed E-state index contributed by atoms with van der Waals surface area (Å²) in [4.78, 5) is 53.3. The highest BCUT2D eigenvalue weighted by Gasteiger charge is 2.89. The van der Waals surface area contributed by atoms with E-state index in [4.69, 9.17) is 23.4 Å². The van der Waals surface area contributed by atoms with E-state index in [2.05, 4.69) is 0 Å². The molecular weight excluding hydrogens is 532 g/mol. The van der Waals surface area contributed by atoms with Gasteiger partial charge in [0.15, 0.2) is 11.4 Å². The predicted molar refractivity (Wildman–Crippen MR) is 141 cm³/mol. The average molecular weight is 569 g/mol. The fraction of sp³-hybridized carbons (Fsp3) is 0.613. The minimum atomic E-state index is -2.23. The lowest BCUT2D eigenvalue weighted by Crippen LogP contribution is -2.78. The average Bonchev–Trinajstić information content (AvgIpc) is 3.41. The van der Waals surface area contributed by atoms with Crippen molar-refractivity contribution >= 4 is 23.7 Å². The van der Waals surface area contributed by atoms with E-state index in [1.165, 1.54) is 25.5 Å². The number of furan rings is 1. The molecule has 3 heterocycles. The molecule has 1 N–H and O–H groups in total. The number of allylic oxidation sites excluding steroid dienone is 2. The van der Waals surface area contributed by atoms with Gasteiger partial charge in [-0.1, -0.05) is 32.9 Å². The third kappa shape index (κ3) is 3.31. The number of hydrogen-bond acceptors (Lipinski definition) is 10. The lowest BCUT2D eigenvalue weighted by molar-refractivity contribution is -0.226. The van der Waals surface area contributed by atoms with Crippen molar-refractivity contribution < 1.29 is 47.6 Å². The van der Waals surface area contributed by atoms with Crippen LogP contribution in [0.25, 0.3) is 0 Å². The number of epoxide rings is 1. The number of aliphatic hydroxyl groups is 1. The Labute approximate surface area is 238 Å². The second-order valence-corrected chi connectivity index (χ2v) is 13.1. The van der Waals surface area contributed by atoms with Crippen molar-refractivity contribution in [1.82, 2.24) is 0 Å². The zero-order chi connectivity index (χ0) is 29.8. The lowest BCUT2D eigenvalue weighted by atomic mass is 9.39. The van der Waals surface area contributed by atoms with Gasteiger partial charge in [0.1, 0.15) is 23.9 Å². The molecule has 0 aromatic carbocycles. The Hall–Kier alpha value is -3.24. The molecule has 2 saturated heterocycles. The first-order valence-electron chi connectivity index (χ1n) is 14.0. The van der Waals surface area contributed by atoms with E-state index in [-0.39, 0.29) is 12.8 Å². The van der Waals surface area contributed by atoms with Gasteiger partial charge in [0.05, 0.1) is 37.9 Å². The molecule has 220 valence electrons. The van der Waals surface area contributed by atoms with Crippen molar-refractivity contribution in [2.24, 2.45) is 28.1 Å². The van der Waals surface area contributed by atoms with Gasteiger partial charge in [-0.15, -0.1) is 0 Å². The zero-order valence-corrected chi connectivity index (χ0v) is 24.1. The summed E-state index contributed by atoms with van der Waals surface area (Å²) >= 11 is 0. The van der Waals surface area contributed by atoms with E-state index in [0.29, 0.717) is 17.6 Å². The van der Waals surface area contributed by atoms with Crippen LogP contribution in [0, 0.1) is 28.1 Å². The lowest BCUT2D eigenvalue weighted by Gasteiger charge is -2.64. The van der Waals surface area contributed by atoms with Crippen LogP contribution in [-0.2, 0) is 38.1 Å². The number of esters is 3. The molecule has 1 spiro atoms. The Morgan fingerprint density at radius 3 is 2.56 bits per heavy atom. The maximum atomic E-state index is 14.6. The smallest absolute Gasteiger partial charge is 0.330 e. The number of ether oxygens (including phenoxy) is 4. The van der Waals surface area contributed by atoms with E-state index in [1.807, 2.05) is 13.0 Å². The molecule has 2 saturated carbocycles. The van der Waals surface area contributed by atoms with Crippen LogP contribution >= 0.6 is 0 Å². The molecule has 0 unspecified atom stereocenters. The minimum Gasteiger partial charge on any atom is -0.472 e. The van der Waals surface area contributed by atoms with Crippen LogP contribution in [0.5, 0.6) is 0 Å². The van der Waals surface area contributed by atoms with E-state index >= 15 is 0 Å². The first-order valence-corrected chi connectivity index (χ1v) is 14.0. The molecule has 3 aliphatic carbocycles. The molecule has 6 rings (SSSR count). The number of cyclic esters (lactones) is 1. The second kappa shape index (κ2) is 8.64. The summed E-state index contributed by atoms with van der Waals surface area (Å²) in [6.07, 6.45) is 5.04. The molecule has 4 fully saturated rings. The zero-order valence-electron chi connectivity index (χ0n) is 24.1. The molecule has 1 aromatic rings. The second-order valence-electron chi connectivity index (χ2n) is 13.1. The van der Waals surface area contributed by atoms with Gasteiger partial charge in [0.25, 0.3) is 0 Å². The summed E-state index contributed by atoms with van der Waals surface area (Å²) in [6, 6.07) is 1.76. The van der Waals surface area contributed by atoms with Gasteiger partial charge in [-0.3, -0.25) is 14.4 Å². The fourth-order valence-electron chi connectivity index (χ4n) is 9.00. The first-order chi connectivity index (χ1) is 19.2. The van der Waals surface area contributed by atoms with Gasteiger partial charge in [-0.25, -0.2) is 4.79 Å². The van der Waals surface area contributed by atoms with Crippen LogP contribution in [0.3, 0.4) is 0 Å². The van der Waals surface area contributed by atoms with E-state index in [1.54, 1.807) is 40.0 Å². The van der Waals surface area contributed by atoms with Gasteiger partial charge in [0.2, 0.25) is 0 Å². The number of Topliss-reactive ketones (excluding diaryl/α,β-unsaturated/α-hetero) is 1. The molecule has 5 aliphatic rings. The number of fused-ring (bicyclic) bond motifs is 5. The van der Waals surface area contributed by atoms with Crippen molar-refractivity contribution in [2.75, 3.05) is 7.11 Å². The summed E-state index contributed by atoms with van der Waals surface area (Å²) < 4.78 is 28.6. The van der Waals surface area contributed by atoms with Crippen LogP contribution in [0.1, 0.15) is 65.5 Å². The number of methoxy groups -OCH3 is 1. The molecule has 2 aliphatic heterocycles. The van der Waals surface area contributed by atoms with Gasteiger partial charge in [-0.2, -0.15) is 0 Å². The summed E-state index contributed by atoms with van der Waals surface area (Å²) in [5.74, 6) is -3.45. The molecule has 9 atom stereocenters. The monoisotopic (exact) mass is 568 g/mol. The van der Waals surface area contributed by atoms with Crippen LogP contribution in [0.4, 0.5) is 0 Å². The van der Waals surface area contributed by atoms with Crippen LogP contribution < -0.4 is 0 Å². The predicted octanol–water partition coefficient (Wildman–Crippen LogP) is 3.38. The summed E-state index contributed by atoms with van der Waals surface area (Å²) in [7, 11) is 1.28. The maximum Gasteiger partial charge on any atom is 0.330 e. The molecule has 2 bridgehead atoms. The molecule has 0 radical (unpaired) electrons.